The molecule has 2 nitrogen and oxygen atoms in total. The lowest BCUT2D eigenvalue weighted by molar-refractivity contribution is 0.655. The van der Waals surface area contributed by atoms with Gasteiger partial charge in [-0.15, -0.1) is 22.7 Å². The Bertz CT molecular complexity index is 1630. The SMILES string of the molecule is CCCCCCc1sc2c(c1CCCCCC)c(=O)c1cc3c(cc12)c(=O)c1c(CCCCCC)c(CCCCCC)sc13. The van der Waals surface area contributed by atoms with E-state index in [4.69, 9.17) is 0 Å². The van der Waals surface area contributed by atoms with Crippen LogP contribution in [0.5, 0.6) is 0 Å². The minimum Gasteiger partial charge on any atom is -0.289 e. The van der Waals surface area contributed by atoms with E-state index in [0.29, 0.717) is 0 Å². The van der Waals surface area contributed by atoms with Crippen molar-refractivity contribution in [1.82, 2.24) is 0 Å². The first-order chi connectivity index (χ1) is 21.5. The van der Waals surface area contributed by atoms with Crippen LogP contribution < -0.4 is 10.9 Å². The van der Waals surface area contributed by atoms with E-state index in [2.05, 4.69) is 39.8 Å². The van der Waals surface area contributed by atoms with Crippen LogP contribution in [0.25, 0.3) is 41.7 Å². The van der Waals surface area contributed by atoms with Gasteiger partial charge in [0.1, 0.15) is 0 Å². The van der Waals surface area contributed by atoms with Crippen molar-refractivity contribution in [3.8, 4) is 0 Å². The Balaban J connectivity index is 1.60. The number of fused-ring (bicyclic) bond motifs is 6. The summed E-state index contributed by atoms with van der Waals surface area (Å²) in [5.74, 6) is 0. The van der Waals surface area contributed by atoms with Crippen molar-refractivity contribution in [2.45, 2.75) is 156 Å². The first-order valence-electron chi connectivity index (χ1n) is 18.1. The molecule has 3 aromatic carbocycles. The molecule has 0 N–H and O–H groups in total. The molecule has 0 aliphatic carbocycles. The summed E-state index contributed by atoms with van der Waals surface area (Å²) in [6.45, 7) is 9.03. The van der Waals surface area contributed by atoms with Gasteiger partial charge in [0, 0.05) is 51.5 Å². The molecular formula is C40H54O2S2. The average molecular weight is 631 g/mol. The maximum Gasteiger partial charge on any atom is 0.195 e. The summed E-state index contributed by atoms with van der Waals surface area (Å²) in [5, 5.41) is 5.67. The van der Waals surface area contributed by atoms with Crippen molar-refractivity contribution in [2.75, 3.05) is 0 Å². The smallest absolute Gasteiger partial charge is 0.195 e. The van der Waals surface area contributed by atoms with Crippen LogP contribution in [0.2, 0.25) is 0 Å². The first-order valence-corrected chi connectivity index (χ1v) is 19.8. The van der Waals surface area contributed by atoms with Gasteiger partial charge in [0.25, 0.3) is 0 Å². The van der Waals surface area contributed by atoms with E-state index in [0.717, 1.165) is 80.2 Å². The van der Waals surface area contributed by atoms with Crippen LogP contribution in [0.4, 0.5) is 0 Å². The Hall–Kier alpha value is -2.04. The van der Waals surface area contributed by atoms with Gasteiger partial charge in [-0.2, -0.15) is 0 Å². The summed E-state index contributed by atoms with van der Waals surface area (Å²) >= 11 is 3.71. The zero-order valence-corrected chi connectivity index (χ0v) is 29.6. The molecule has 0 radical (unpaired) electrons. The average Bonchev–Trinajstić information content (AvgIpc) is 3.72. The Kier molecular flexibility index (Phi) is 12.1. The van der Waals surface area contributed by atoms with Crippen LogP contribution in [0.1, 0.15) is 151 Å². The van der Waals surface area contributed by atoms with Crippen molar-refractivity contribution in [1.29, 1.82) is 0 Å². The quantitative estimate of drug-likeness (QED) is 0.0802. The third kappa shape index (κ3) is 6.87. The number of benzene rings is 1. The molecule has 0 fully saturated rings. The second kappa shape index (κ2) is 16.0. The number of unbranched alkanes of at least 4 members (excludes halogenated alkanes) is 12. The molecule has 5 rings (SSSR count). The van der Waals surface area contributed by atoms with E-state index in [9.17, 15) is 9.59 Å². The third-order valence-electron chi connectivity index (χ3n) is 9.85. The molecule has 0 unspecified atom stereocenters. The molecule has 0 amide bonds. The third-order valence-corrected chi connectivity index (χ3v) is 12.5. The van der Waals surface area contributed by atoms with Gasteiger partial charge in [-0.25, -0.2) is 0 Å². The van der Waals surface area contributed by atoms with E-state index < -0.39 is 0 Å². The fraction of sp³-hybridized carbons (Fsp3) is 0.600. The van der Waals surface area contributed by atoms with Crippen LogP contribution in [-0.2, 0) is 25.7 Å². The molecule has 0 saturated carbocycles. The van der Waals surface area contributed by atoms with Crippen molar-refractivity contribution in [3.05, 3.63) is 53.5 Å². The van der Waals surface area contributed by atoms with Crippen molar-refractivity contribution >= 4 is 64.4 Å². The molecule has 5 aromatic rings. The topological polar surface area (TPSA) is 34.1 Å². The van der Waals surface area contributed by atoms with E-state index in [1.807, 2.05) is 22.7 Å². The molecule has 44 heavy (non-hydrogen) atoms. The summed E-state index contributed by atoms with van der Waals surface area (Å²) in [6, 6.07) is 4.23. The maximum absolute atomic E-state index is 14.2. The summed E-state index contributed by atoms with van der Waals surface area (Å²) < 4.78 is 2.28. The number of hydrogen-bond donors (Lipinski definition) is 0. The monoisotopic (exact) mass is 630 g/mol. The summed E-state index contributed by atoms with van der Waals surface area (Å²) in [5.41, 5.74) is 3.06. The molecule has 0 aliphatic rings. The number of hydrogen-bond acceptors (Lipinski definition) is 4. The van der Waals surface area contributed by atoms with Gasteiger partial charge in [0.15, 0.2) is 10.9 Å². The molecule has 0 aliphatic heterocycles. The van der Waals surface area contributed by atoms with Crippen LogP contribution >= 0.6 is 22.7 Å². The van der Waals surface area contributed by atoms with Crippen molar-refractivity contribution in [2.24, 2.45) is 0 Å². The molecule has 0 bridgehead atoms. The van der Waals surface area contributed by atoms with Gasteiger partial charge in [-0.1, -0.05) is 105 Å². The second-order valence-corrected chi connectivity index (χ2v) is 15.5. The second-order valence-electron chi connectivity index (χ2n) is 13.3. The summed E-state index contributed by atoms with van der Waals surface area (Å²) in [4.78, 5) is 31.2. The maximum atomic E-state index is 14.2. The van der Waals surface area contributed by atoms with Gasteiger partial charge in [0.2, 0.25) is 0 Å². The Labute approximate surface area is 272 Å². The lowest BCUT2D eigenvalue weighted by atomic mass is 10.0. The largest absolute Gasteiger partial charge is 0.289 e. The number of thiophene rings is 2. The Morgan fingerprint density at radius 2 is 0.773 bits per heavy atom. The predicted octanol–water partition coefficient (Wildman–Crippen LogP) is 12.5. The van der Waals surface area contributed by atoms with E-state index in [1.54, 1.807) is 0 Å². The number of aryl methyl sites for hydroxylation is 4. The minimum atomic E-state index is 0.205. The van der Waals surface area contributed by atoms with Crippen LogP contribution in [0, 0.1) is 0 Å². The van der Waals surface area contributed by atoms with Gasteiger partial charge in [-0.3, -0.25) is 9.59 Å². The zero-order chi connectivity index (χ0) is 31.1. The lowest BCUT2D eigenvalue weighted by Gasteiger charge is -2.05. The molecular weight excluding hydrogens is 577 g/mol. The van der Waals surface area contributed by atoms with E-state index in [1.165, 1.54) is 111 Å². The van der Waals surface area contributed by atoms with Gasteiger partial charge in [-0.05, 0) is 74.6 Å². The zero-order valence-electron chi connectivity index (χ0n) is 27.9. The van der Waals surface area contributed by atoms with Gasteiger partial charge in [0.05, 0.1) is 0 Å². The van der Waals surface area contributed by atoms with E-state index >= 15 is 0 Å². The normalized spacial score (nSPS) is 12.3. The van der Waals surface area contributed by atoms with Crippen LogP contribution in [0.15, 0.2) is 21.7 Å². The highest BCUT2D eigenvalue weighted by Gasteiger charge is 2.25. The molecule has 0 saturated heterocycles. The van der Waals surface area contributed by atoms with Crippen molar-refractivity contribution in [3.63, 3.8) is 0 Å². The molecule has 2 heterocycles. The molecule has 0 spiro atoms. The predicted molar refractivity (Wildman–Crippen MR) is 199 cm³/mol. The molecule has 4 heteroatoms. The van der Waals surface area contributed by atoms with Crippen LogP contribution in [0.3, 0.4) is 0 Å². The van der Waals surface area contributed by atoms with Crippen LogP contribution in [-0.4, -0.2) is 0 Å². The Morgan fingerprint density at radius 1 is 0.432 bits per heavy atom. The minimum absolute atomic E-state index is 0.205. The van der Waals surface area contributed by atoms with Crippen molar-refractivity contribution < 1.29 is 0 Å². The summed E-state index contributed by atoms with van der Waals surface area (Å²) in [6.07, 6.45) is 23.8. The van der Waals surface area contributed by atoms with Gasteiger partial charge < -0.3 is 0 Å². The highest BCUT2D eigenvalue weighted by molar-refractivity contribution is 7.21. The fourth-order valence-corrected chi connectivity index (χ4v) is 10.2. The number of rotatable bonds is 20. The lowest BCUT2D eigenvalue weighted by Crippen LogP contribution is -2.01. The van der Waals surface area contributed by atoms with E-state index in [-0.39, 0.29) is 10.9 Å². The fourth-order valence-electron chi connectivity index (χ4n) is 7.32. The Morgan fingerprint density at radius 3 is 1.11 bits per heavy atom. The molecule has 0 atom stereocenters. The first kappa shape index (κ1) is 33.3. The highest BCUT2D eigenvalue weighted by Crippen LogP contribution is 2.42. The van der Waals surface area contributed by atoms with Gasteiger partial charge >= 0.3 is 0 Å². The standard InChI is InChI=1S/C40H54O2S2/c1-5-9-13-17-21-27-33(23-19-15-11-7-3)43-39-31-26-30-32(25-29(31)37(41)35(27)39)40-36(38(30)42)28(22-18-14-10-6-2)34(44-40)24-20-16-12-8-4/h25-26H,5-24H2,1-4H3. The molecule has 238 valence electrons. The highest BCUT2D eigenvalue weighted by atomic mass is 32.1. The summed E-state index contributed by atoms with van der Waals surface area (Å²) in [7, 11) is 0. The molecule has 2 aromatic heterocycles.